The van der Waals surface area contributed by atoms with Gasteiger partial charge in [0.2, 0.25) is 11.9 Å². The van der Waals surface area contributed by atoms with Crippen LogP contribution in [0.2, 0.25) is 0 Å². The molecule has 0 N–H and O–H groups in total. The first kappa shape index (κ1) is 12.4. The molecule has 0 aliphatic carbocycles. The molecule has 0 aliphatic heterocycles. The summed E-state index contributed by atoms with van der Waals surface area (Å²) in [6.45, 7) is 0. The Morgan fingerprint density at radius 2 is 0.686 bits per heavy atom. The van der Waals surface area contributed by atoms with Gasteiger partial charge in [-0.2, -0.15) is 15.0 Å². The van der Waals surface area contributed by atoms with Crippen LogP contribution in [0, 0.1) is 0 Å². The summed E-state index contributed by atoms with van der Waals surface area (Å²) < 4.78 is 237. The molecule has 0 spiro atoms. The minimum atomic E-state index is -0.915. The fraction of sp³-hybridized carbons (Fsp3) is 0. The number of para-hydroxylation sites is 7. The third kappa shape index (κ3) is 3.48. The molecule has 0 radical (unpaired) electrons. The van der Waals surface area contributed by atoms with E-state index in [-0.39, 0.29) is 27.2 Å². The molecule has 0 atom stereocenters. The largest absolute Gasteiger partial charge is 0.307 e. The molecule has 0 saturated carbocycles. The highest BCUT2D eigenvalue weighted by atomic mass is 15.3. The van der Waals surface area contributed by atoms with Crippen molar-refractivity contribution >= 4 is 81.7 Å². The zero-order valence-electron chi connectivity index (χ0n) is 51.2. The van der Waals surface area contributed by atoms with Crippen molar-refractivity contribution < 1.29 is 35.6 Å². The highest BCUT2D eigenvalue weighted by Gasteiger charge is 2.24. The minimum absolute atomic E-state index is 0.217. The zero-order valence-corrected chi connectivity index (χ0v) is 25.2. The summed E-state index contributed by atoms with van der Waals surface area (Å²) >= 11 is 0. The lowest BCUT2D eigenvalue weighted by Gasteiger charge is -2.13. The first-order valence-electron chi connectivity index (χ1n) is 28.1. The molecule has 12 rings (SSSR count). The van der Waals surface area contributed by atoms with Crippen LogP contribution in [-0.2, 0) is 0 Å². The van der Waals surface area contributed by atoms with Crippen LogP contribution < -0.4 is 0 Å². The molecule has 5 aromatic heterocycles. The van der Waals surface area contributed by atoms with Gasteiger partial charge in [-0.3, -0.25) is 9.13 Å². The van der Waals surface area contributed by atoms with Gasteiger partial charge in [0.1, 0.15) is 0 Å². The molecule has 0 amide bonds. The van der Waals surface area contributed by atoms with Crippen LogP contribution in [0.5, 0.6) is 0 Å². The molecule has 0 unspecified atom stereocenters. The molecule has 0 fully saturated rings. The molecule has 7 aromatic carbocycles. The van der Waals surface area contributed by atoms with Crippen molar-refractivity contribution in [3.63, 3.8) is 0 Å². The zero-order chi connectivity index (χ0) is 55.8. The van der Waals surface area contributed by atoms with Crippen LogP contribution in [-0.4, -0.2) is 28.5 Å². The topological polar surface area (TPSA) is 52.9 Å². The van der Waals surface area contributed by atoms with E-state index in [1.165, 1.54) is 0 Å². The maximum absolute atomic E-state index is 9.67. The van der Waals surface area contributed by atoms with E-state index in [0.717, 1.165) is 13.5 Å². The molecule has 0 saturated heterocycles. The Morgan fingerprint density at radius 1 is 0.333 bits per heavy atom. The third-order valence-corrected chi connectivity index (χ3v) is 8.84. The number of fused-ring (bicyclic) bond motifs is 12. The molecular weight excluding hydrogens is 625 g/mol. The quantitative estimate of drug-likeness (QED) is 0.187. The van der Waals surface area contributed by atoms with E-state index >= 15 is 0 Å². The second-order valence-electron chi connectivity index (χ2n) is 11.3. The van der Waals surface area contributed by atoms with E-state index in [0.29, 0.717) is 0 Å². The maximum atomic E-state index is 9.67. The highest BCUT2D eigenvalue weighted by molar-refractivity contribution is 6.25. The van der Waals surface area contributed by atoms with Gasteiger partial charge in [0, 0.05) is 48.7 Å². The molecule has 236 valence electrons. The second-order valence-corrected chi connectivity index (χ2v) is 11.3. The first-order chi connectivity index (χ1) is 36.1. The number of aromatic nitrogens is 6. The average molecular weight is 677 g/mol. The molecule has 0 bridgehead atoms. The van der Waals surface area contributed by atoms with Gasteiger partial charge in [-0.1, -0.05) is 121 Å². The number of hydrogen-bond donors (Lipinski definition) is 0. The molecule has 6 heteroatoms. The Kier molecular flexibility index (Phi) is 2.37. The van der Waals surface area contributed by atoms with E-state index < -0.39 is 235 Å². The summed E-state index contributed by atoms with van der Waals surface area (Å²) in [5.41, 5.74) is -3.97. The van der Waals surface area contributed by atoms with Crippen molar-refractivity contribution in [1.29, 1.82) is 0 Å². The first-order valence-corrected chi connectivity index (χ1v) is 15.1. The fourth-order valence-corrected chi connectivity index (χ4v) is 6.85. The smallest absolute Gasteiger partial charge is 0.240 e. The van der Waals surface area contributed by atoms with Gasteiger partial charge in [-0.25, -0.2) is 0 Å². The van der Waals surface area contributed by atoms with E-state index in [1.54, 1.807) is 0 Å². The Hall–Kier alpha value is -7.05. The number of nitrogens with zero attached hydrogens (tertiary/aromatic N) is 6. The van der Waals surface area contributed by atoms with Gasteiger partial charge in [0.15, 0.2) is 5.82 Å². The van der Waals surface area contributed by atoms with Crippen molar-refractivity contribution in [3.05, 3.63) is 157 Å². The molecule has 51 heavy (non-hydrogen) atoms. The summed E-state index contributed by atoms with van der Waals surface area (Å²) in [4.78, 5) is 14.1. The Labute approximate surface area is 326 Å². The monoisotopic (exact) mass is 676 g/mol. The molecule has 0 aliphatic rings. The Morgan fingerprint density at radius 3 is 1.18 bits per heavy atom. The molecule has 12 aromatic rings. The van der Waals surface area contributed by atoms with Crippen LogP contribution >= 0.6 is 0 Å². The predicted octanol–water partition coefficient (Wildman–Crippen LogP) is 10.9. The van der Waals surface area contributed by atoms with Gasteiger partial charge >= 0.3 is 0 Å². The molecular formula is C45H26N6. The lowest BCUT2D eigenvalue weighted by Crippen LogP contribution is -2.10. The van der Waals surface area contributed by atoms with Crippen LogP contribution in [0.1, 0.15) is 35.6 Å². The maximum Gasteiger partial charge on any atom is 0.240 e. The fourth-order valence-electron chi connectivity index (χ4n) is 6.85. The van der Waals surface area contributed by atoms with Gasteiger partial charge in [0.25, 0.3) is 0 Å². The van der Waals surface area contributed by atoms with Gasteiger partial charge < -0.3 is 4.40 Å². The SMILES string of the molecule is [2H]c1c([2H])c([2H])c2c(c1[2H])c1c([2H])c([2H])c([2H])c([2H])c1n2-c1nc(-c2c([2H])c([2H])c([2H])c3c4c([2H])c([2H])c([2H])c5c6c([2H])c([2H])c([2H])c([2H])c6n(c23)c54)nc(-n2c3c([2H])c([2H])c([2H])c([2H])c3c3c([2H])c([2H])c([2H])c([2H])c32)n1. The van der Waals surface area contributed by atoms with Crippen molar-refractivity contribution in [2.24, 2.45) is 0 Å². The van der Waals surface area contributed by atoms with E-state index in [1.807, 2.05) is 0 Å². The number of rotatable bonds is 3. The van der Waals surface area contributed by atoms with Crippen LogP contribution in [0.4, 0.5) is 0 Å². The van der Waals surface area contributed by atoms with E-state index in [9.17, 15) is 12.3 Å². The van der Waals surface area contributed by atoms with Crippen molar-refractivity contribution in [2.75, 3.05) is 0 Å². The summed E-state index contributed by atoms with van der Waals surface area (Å²) in [5.74, 6) is -2.52. The predicted molar refractivity (Wildman–Crippen MR) is 209 cm³/mol. The summed E-state index contributed by atoms with van der Waals surface area (Å²) in [5, 5.41) is -3.18. The van der Waals surface area contributed by atoms with Gasteiger partial charge in [0.05, 0.1) is 74.3 Å². The second kappa shape index (κ2) is 9.77. The minimum Gasteiger partial charge on any atom is -0.307 e. The molecule has 6 nitrogen and oxygen atoms in total. The van der Waals surface area contributed by atoms with Crippen molar-refractivity contribution in [1.82, 2.24) is 28.5 Å². The lowest BCUT2D eigenvalue weighted by atomic mass is 10.1. The van der Waals surface area contributed by atoms with Crippen molar-refractivity contribution in [3.8, 4) is 23.3 Å². The lowest BCUT2D eigenvalue weighted by molar-refractivity contribution is 0.893. The van der Waals surface area contributed by atoms with Crippen LogP contribution in [0.15, 0.2) is 157 Å². The summed E-state index contributed by atoms with van der Waals surface area (Å²) in [6.07, 6.45) is 0. The summed E-state index contributed by atoms with van der Waals surface area (Å²) in [6, 6.07) is -20.9. The average Bonchev–Trinajstić information content (AvgIpc) is 4.30. The highest BCUT2D eigenvalue weighted by Crippen LogP contribution is 2.42. The van der Waals surface area contributed by atoms with Gasteiger partial charge in [-0.05, 0) is 36.3 Å². The van der Waals surface area contributed by atoms with Crippen LogP contribution in [0.3, 0.4) is 0 Å². The number of benzene rings is 7. The number of hydrogen-bond acceptors (Lipinski definition) is 3. The standard InChI is InChI=1S/C45H26N6/c1-6-22-36-27(13-1)28-14-2-7-23-37(28)49(36)44-46-43(47-45(48-44)50-38-24-8-3-15-29(38)30-16-4-9-25-39(30)50)35-21-12-20-34-33-19-11-18-32-31-17-5-10-26-40(31)51(41(32)33)42(34)35/h1-26H/i1D,2D,3D,4D,5D,6D,7D,8D,9D,10D,11D,12D,13D,14D,15D,16D,17D,18D,19D,20D,21D,22D,23D,24D,25D,26D. The normalized spacial score (nSPS) is 19.5. The van der Waals surface area contributed by atoms with Gasteiger partial charge in [-0.15, -0.1) is 0 Å². The van der Waals surface area contributed by atoms with Crippen molar-refractivity contribution in [2.45, 2.75) is 0 Å². The Bertz CT molecular complexity index is 4550. The van der Waals surface area contributed by atoms with E-state index in [4.69, 9.17) is 33.3 Å². The Balaban J connectivity index is 1.41. The summed E-state index contributed by atoms with van der Waals surface area (Å²) in [7, 11) is 0. The van der Waals surface area contributed by atoms with Crippen LogP contribution in [0.25, 0.3) is 105 Å². The van der Waals surface area contributed by atoms with E-state index in [2.05, 4.69) is 4.98 Å². The third-order valence-electron chi connectivity index (χ3n) is 8.84. The molecule has 5 heterocycles.